The Balaban J connectivity index is 1.70. The zero-order chi connectivity index (χ0) is 18.0. The second-order valence-corrected chi connectivity index (χ2v) is 6.90. The third-order valence-electron chi connectivity index (χ3n) is 5.48. The zero-order valence-electron chi connectivity index (χ0n) is 14.7. The maximum Gasteiger partial charge on any atom is 0.328 e. The summed E-state index contributed by atoms with van der Waals surface area (Å²) in [4.78, 5) is 38.3. The van der Waals surface area contributed by atoms with Gasteiger partial charge in [-0.25, -0.2) is 4.79 Å². The number of esters is 1. The number of imide groups is 1. The summed E-state index contributed by atoms with van der Waals surface area (Å²) in [7, 11) is 1.41. The summed E-state index contributed by atoms with van der Waals surface area (Å²) in [6.07, 6.45) is 3.32. The average molecular weight is 344 g/mol. The number of carbonyl (C=O) groups excluding carboxylic acids is 3. The first-order chi connectivity index (χ1) is 12.0. The van der Waals surface area contributed by atoms with Crippen LogP contribution >= 0.6 is 0 Å². The smallest absolute Gasteiger partial charge is 0.328 e. The van der Waals surface area contributed by atoms with Crippen LogP contribution in [0.3, 0.4) is 0 Å². The number of nitrogens with zero attached hydrogens (tertiary/aromatic N) is 1. The molecule has 1 aliphatic heterocycles. The number of hydrogen-bond acceptors (Lipinski definition) is 4. The highest BCUT2D eigenvalue weighted by Gasteiger charge is 2.37. The monoisotopic (exact) mass is 344 g/mol. The second-order valence-electron chi connectivity index (χ2n) is 6.90. The number of hydrogen-bond donors (Lipinski definition) is 1. The Hall–Kier alpha value is -2.37. The highest BCUT2D eigenvalue weighted by Crippen LogP contribution is 2.34. The summed E-state index contributed by atoms with van der Waals surface area (Å²) in [6.45, 7) is 1.93. The molecule has 0 radical (unpaired) electrons. The molecular formula is C19H24N2O4. The molecule has 6 heteroatoms. The number of benzene rings is 1. The lowest BCUT2D eigenvalue weighted by Gasteiger charge is -2.36. The number of urea groups is 1. The van der Waals surface area contributed by atoms with Crippen LogP contribution in [0.25, 0.3) is 0 Å². The van der Waals surface area contributed by atoms with Crippen molar-refractivity contribution in [3.05, 3.63) is 29.8 Å². The van der Waals surface area contributed by atoms with Crippen molar-refractivity contribution in [1.82, 2.24) is 4.90 Å². The number of methoxy groups -OCH3 is 1. The summed E-state index contributed by atoms with van der Waals surface area (Å²) in [5.41, 5.74) is 1.54. The van der Waals surface area contributed by atoms with Gasteiger partial charge in [0.2, 0.25) is 5.91 Å². The first kappa shape index (κ1) is 17.5. The van der Waals surface area contributed by atoms with Gasteiger partial charge < -0.3 is 10.1 Å². The molecule has 0 spiro atoms. The second kappa shape index (κ2) is 7.25. The first-order valence-corrected chi connectivity index (χ1v) is 8.80. The van der Waals surface area contributed by atoms with E-state index in [9.17, 15) is 14.4 Å². The Morgan fingerprint density at radius 2 is 1.88 bits per heavy atom. The van der Waals surface area contributed by atoms with Crippen molar-refractivity contribution in [2.24, 2.45) is 11.8 Å². The Kier molecular flexibility index (Phi) is 5.06. The van der Waals surface area contributed by atoms with Crippen LogP contribution in [0.4, 0.5) is 10.5 Å². The van der Waals surface area contributed by atoms with Gasteiger partial charge in [-0.05, 0) is 50.2 Å². The molecule has 0 bridgehead atoms. The number of amides is 3. The van der Waals surface area contributed by atoms with Crippen LogP contribution in [0.2, 0.25) is 0 Å². The van der Waals surface area contributed by atoms with Gasteiger partial charge >= 0.3 is 12.0 Å². The van der Waals surface area contributed by atoms with E-state index in [1.165, 1.54) is 12.0 Å². The molecule has 0 saturated heterocycles. The van der Waals surface area contributed by atoms with Crippen molar-refractivity contribution in [3.8, 4) is 0 Å². The molecule has 1 aromatic carbocycles. The molecule has 0 aromatic heterocycles. The Labute approximate surface area is 147 Å². The summed E-state index contributed by atoms with van der Waals surface area (Å²) in [6, 6.07) is 6.83. The molecule has 3 amide bonds. The largest absolute Gasteiger partial charge is 0.469 e. The predicted molar refractivity (Wildman–Crippen MR) is 92.9 cm³/mol. The molecular weight excluding hydrogens is 320 g/mol. The number of anilines is 1. The van der Waals surface area contributed by atoms with E-state index in [4.69, 9.17) is 4.74 Å². The van der Waals surface area contributed by atoms with Crippen LogP contribution in [-0.2, 0) is 20.7 Å². The average Bonchev–Trinajstić information content (AvgIpc) is 2.75. The van der Waals surface area contributed by atoms with Crippen molar-refractivity contribution in [2.75, 3.05) is 12.4 Å². The van der Waals surface area contributed by atoms with Gasteiger partial charge in [0, 0.05) is 11.7 Å². The van der Waals surface area contributed by atoms with Gasteiger partial charge in [0.05, 0.1) is 19.4 Å². The standard InChI is InChI=1S/C19H24N2O4/c1-12(13-7-9-14(10-8-13)18(23)25-2)21-17(22)11-15-5-3-4-6-16(15)20-19(21)24/h3-6,12-14H,7-11H2,1-2H3,(H,20,24)/t12?,13-,14-. The maximum absolute atomic E-state index is 12.7. The normalized spacial score (nSPS) is 24.8. The maximum atomic E-state index is 12.7. The fourth-order valence-corrected chi connectivity index (χ4v) is 3.96. The van der Waals surface area contributed by atoms with Gasteiger partial charge in [0.15, 0.2) is 0 Å². The first-order valence-electron chi connectivity index (χ1n) is 8.80. The molecule has 6 nitrogen and oxygen atoms in total. The minimum absolute atomic E-state index is 0.0635. The molecule has 2 aliphatic rings. The number of ether oxygens (including phenoxy) is 1. The predicted octanol–water partition coefficient (Wildman–Crippen LogP) is 2.97. The Morgan fingerprint density at radius 1 is 1.20 bits per heavy atom. The summed E-state index contributed by atoms with van der Waals surface area (Å²) >= 11 is 0. The van der Waals surface area contributed by atoms with Gasteiger partial charge in [-0.1, -0.05) is 18.2 Å². The molecule has 1 heterocycles. The topological polar surface area (TPSA) is 75.7 Å². The fourth-order valence-electron chi connectivity index (χ4n) is 3.96. The van der Waals surface area contributed by atoms with Gasteiger partial charge in [-0.2, -0.15) is 0 Å². The van der Waals surface area contributed by atoms with Gasteiger partial charge in [-0.3, -0.25) is 14.5 Å². The Morgan fingerprint density at radius 3 is 2.56 bits per heavy atom. The number of nitrogens with one attached hydrogen (secondary N) is 1. The van der Waals surface area contributed by atoms with E-state index in [-0.39, 0.29) is 42.2 Å². The van der Waals surface area contributed by atoms with E-state index in [2.05, 4.69) is 5.32 Å². The minimum Gasteiger partial charge on any atom is -0.469 e. The van der Waals surface area contributed by atoms with Crippen molar-refractivity contribution >= 4 is 23.6 Å². The number of para-hydroxylation sites is 1. The van der Waals surface area contributed by atoms with E-state index in [0.29, 0.717) is 5.69 Å². The van der Waals surface area contributed by atoms with E-state index < -0.39 is 0 Å². The lowest BCUT2D eigenvalue weighted by Crippen LogP contribution is -2.49. The third-order valence-corrected chi connectivity index (χ3v) is 5.48. The summed E-state index contributed by atoms with van der Waals surface area (Å²) < 4.78 is 4.82. The molecule has 3 rings (SSSR count). The third kappa shape index (κ3) is 3.52. The van der Waals surface area contributed by atoms with Crippen LogP contribution in [0.5, 0.6) is 0 Å². The fraction of sp³-hybridized carbons (Fsp3) is 0.526. The van der Waals surface area contributed by atoms with Gasteiger partial charge in [0.25, 0.3) is 0 Å². The van der Waals surface area contributed by atoms with Gasteiger partial charge in [-0.15, -0.1) is 0 Å². The lowest BCUT2D eigenvalue weighted by molar-refractivity contribution is -0.147. The quantitative estimate of drug-likeness (QED) is 0.855. The van der Waals surface area contributed by atoms with Crippen molar-refractivity contribution in [3.63, 3.8) is 0 Å². The summed E-state index contributed by atoms with van der Waals surface area (Å²) in [5.74, 6) is -0.196. The van der Waals surface area contributed by atoms with E-state index in [1.807, 2.05) is 31.2 Å². The highest BCUT2D eigenvalue weighted by atomic mass is 16.5. The van der Waals surface area contributed by atoms with Crippen molar-refractivity contribution in [1.29, 1.82) is 0 Å². The molecule has 1 saturated carbocycles. The van der Waals surface area contributed by atoms with E-state index >= 15 is 0 Å². The molecule has 1 N–H and O–H groups in total. The van der Waals surface area contributed by atoms with Gasteiger partial charge in [0.1, 0.15) is 0 Å². The van der Waals surface area contributed by atoms with E-state index in [1.54, 1.807) is 0 Å². The number of rotatable bonds is 3. The van der Waals surface area contributed by atoms with Crippen LogP contribution in [-0.4, -0.2) is 36.0 Å². The molecule has 1 unspecified atom stereocenters. The van der Waals surface area contributed by atoms with Crippen LogP contribution < -0.4 is 5.32 Å². The molecule has 1 fully saturated rings. The van der Waals surface area contributed by atoms with Crippen LogP contribution in [0, 0.1) is 11.8 Å². The van der Waals surface area contributed by atoms with Crippen molar-refractivity contribution < 1.29 is 19.1 Å². The lowest BCUT2D eigenvalue weighted by atomic mass is 9.78. The minimum atomic E-state index is -0.363. The van der Waals surface area contributed by atoms with Crippen molar-refractivity contribution in [2.45, 2.75) is 45.1 Å². The highest BCUT2D eigenvalue weighted by molar-refractivity contribution is 6.05. The molecule has 1 aromatic rings. The zero-order valence-corrected chi connectivity index (χ0v) is 14.7. The number of carbonyl (C=O) groups is 3. The molecule has 134 valence electrons. The molecule has 1 aliphatic carbocycles. The summed E-state index contributed by atoms with van der Waals surface area (Å²) in [5, 5.41) is 2.85. The Bertz CT molecular complexity index is 643. The van der Waals surface area contributed by atoms with E-state index in [0.717, 1.165) is 31.2 Å². The van der Waals surface area contributed by atoms with Crippen LogP contribution in [0.1, 0.15) is 38.2 Å². The SMILES string of the molecule is COC(=O)[C@H]1CC[C@H](C(C)N2C(=O)Cc3ccccc3NC2=O)CC1. The van der Waals surface area contributed by atoms with Crippen LogP contribution in [0.15, 0.2) is 24.3 Å². The molecule has 1 atom stereocenters. The number of fused-ring (bicyclic) bond motifs is 1. The molecule has 25 heavy (non-hydrogen) atoms.